The molecule has 1 unspecified atom stereocenters. The van der Waals surface area contributed by atoms with Crippen LogP contribution in [0, 0.1) is 6.92 Å². The molecule has 0 aliphatic heterocycles. The second kappa shape index (κ2) is 5.45. The Kier molecular flexibility index (Phi) is 3.93. The third-order valence-corrected chi connectivity index (χ3v) is 3.57. The number of aliphatic hydroxyl groups is 1. The summed E-state index contributed by atoms with van der Waals surface area (Å²) in [6, 6.07) is 0. The Morgan fingerprint density at radius 3 is 2.89 bits per heavy atom. The van der Waals surface area contributed by atoms with Crippen molar-refractivity contribution >= 4 is 11.5 Å². The first-order valence-corrected chi connectivity index (χ1v) is 6.53. The van der Waals surface area contributed by atoms with Crippen molar-refractivity contribution in [3.05, 3.63) is 22.5 Å². The molecule has 2 aromatic heterocycles. The SMILES string of the molecule is CCCn1ncc(OC)c1C(O)c1snnc1C. The van der Waals surface area contributed by atoms with Crippen LogP contribution in [0.25, 0.3) is 0 Å². The van der Waals surface area contributed by atoms with E-state index in [1.807, 2.05) is 6.92 Å². The molecule has 0 bridgehead atoms. The van der Waals surface area contributed by atoms with Gasteiger partial charge < -0.3 is 9.84 Å². The number of hydrogen-bond acceptors (Lipinski definition) is 6. The normalized spacial score (nSPS) is 12.7. The molecule has 0 aliphatic rings. The van der Waals surface area contributed by atoms with Gasteiger partial charge in [0, 0.05) is 6.54 Å². The van der Waals surface area contributed by atoms with Gasteiger partial charge in [0.1, 0.15) is 11.8 Å². The maximum atomic E-state index is 10.5. The van der Waals surface area contributed by atoms with Crippen LogP contribution >= 0.6 is 11.5 Å². The Morgan fingerprint density at radius 1 is 1.56 bits per heavy atom. The maximum Gasteiger partial charge on any atom is 0.163 e. The molecule has 6 nitrogen and oxygen atoms in total. The second-order valence-electron chi connectivity index (χ2n) is 3.95. The van der Waals surface area contributed by atoms with Crippen molar-refractivity contribution in [3.63, 3.8) is 0 Å². The van der Waals surface area contributed by atoms with Gasteiger partial charge in [-0.25, -0.2) is 0 Å². The average molecular weight is 268 g/mol. The predicted octanol–water partition coefficient (Wildman–Crippen LogP) is 1.54. The largest absolute Gasteiger partial charge is 0.493 e. The zero-order valence-electron chi connectivity index (χ0n) is 10.6. The van der Waals surface area contributed by atoms with Crippen molar-refractivity contribution in [1.29, 1.82) is 0 Å². The van der Waals surface area contributed by atoms with Crippen LogP contribution in [-0.2, 0) is 6.54 Å². The van der Waals surface area contributed by atoms with E-state index in [1.165, 1.54) is 11.5 Å². The van der Waals surface area contributed by atoms with Crippen LogP contribution in [-0.4, -0.2) is 31.6 Å². The Bertz CT molecular complexity index is 523. The van der Waals surface area contributed by atoms with E-state index in [0.29, 0.717) is 11.4 Å². The molecule has 0 saturated carbocycles. The third kappa shape index (κ3) is 2.23. The number of methoxy groups -OCH3 is 1. The van der Waals surface area contributed by atoms with Crippen molar-refractivity contribution in [2.24, 2.45) is 0 Å². The maximum absolute atomic E-state index is 10.5. The van der Waals surface area contributed by atoms with E-state index >= 15 is 0 Å². The van der Waals surface area contributed by atoms with Crippen LogP contribution in [0.5, 0.6) is 5.75 Å². The van der Waals surface area contributed by atoms with Crippen molar-refractivity contribution in [3.8, 4) is 5.75 Å². The first-order chi connectivity index (χ1) is 8.69. The summed E-state index contributed by atoms with van der Waals surface area (Å²) in [5.74, 6) is 0.587. The molecule has 18 heavy (non-hydrogen) atoms. The minimum atomic E-state index is -0.797. The van der Waals surface area contributed by atoms with Gasteiger partial charge in [-0.15, -0.1) is 5.10 Å². The lowest BCUT2D eigenvalue weighted by atomic mass is 10.2. The van der Waals surface area contributed by atoms with Gasteiger partial charge in [0.2, 0.25) is 0 Å². The lowest BCUT2D eigenvalue weighted by Gasteiger charge is -2.13. The number of nitrogens with zero attached hydrogens (tertiary/aromatic N) is 4. The highest BCUT2D eigenvalue weighted by atomic mass is 32.1. The predicted molar refractivity (Wildman–Crippen MR) is 67.8 cm³/mol. The highest BCUT2D eigenvalue weighted by Gasteiger charge is 2.24. The zero-order chi connectivity index (χ0) is 13.1. The molecule has 1 atom stereocenters. The molecule has 2 aromatic rings. The van der Waals surface area contributed by atoms with Crippen LogP contribution in [0.15, 0.2) is 6.20 Å². The Hall–Kier alpha value is -1.47. The quantitative estimate of drug-likeness (QED) is 0.890. The van der Waals surface area contributed by atoms with Gasteiger partial charge in [-0.1, -0.05) is 11.4 Å². The highest BCUT2D eigenvalue weighted by Crippen LogP contribution is 2.32. The van der Waals surface area contributed by atoms with Gasteiger partial charge in [0.15, 0.2) is 5.75 Å². The third-order valence-electron chi connectivity index (χ3n) is 2.69. The van der Waals surface area contributed by atoms with E-state index in [2.05, 4.69) is 21.6 Å². The average Bonchev–Trinajstić information content (AvgIpc) is 2.95. The summed E-state index contributed by atoms with van der Waals surface area (Å²) >= 11 is 1.19. The molecule has 98 valence electrons. The fourth-order valence-corrected chi connectivity index (χ4v) is 2.45. The van der Waals surface area contributed by atoms with E-state index in [-0.39, 0.29) is 0 Å². The van der Waals surface area contributed by atoms with Crippen molar-refractivity contribution < 1.29 is 9.84 Å². The molecule has 1 N–H and O–H groups in total. The second-order valence-corrected chi connectivity index (χ2v) is 4.73. The van der Waals surface area contributed by atoms with Crippen LogP contribution in [0.1, 0.15) is 35.7 Å². The number of rotatable bonds is 5. The molecule has 0 aliphatic carbocycles. The van der Waals surface area contributed by atoms with E-state index in [9.17, 15) is 5.11 Å². The van der Waals surface area contributed by atoms with E-state index < -0.39 is 6.10 Å². The first-order valence-electron chi connectivity index (χ1n) is 5.75. The number of ether oxygens (including phenoxy) is 1. The summed E-state index contributed by atoms with van der Waals surface area (Å²) in [5.41, 5.74) is 1.40. The Morgan fingerprint density at radius 2 is 2.33 bits per heavy atom. The number of aliphatic hydroxyl groups excluding tert-OH is 1. The fourth-order valence-electron chi connectivity index (χ4n) is 1.81. The molecule has 7 heteroatoms. The minimum Gasteiger partial charge on any atom is -0.493 e. The van der Waals surface area contributed by atoms with E-state index in [0.717, 1.165) is 23.5 Å². The Balaban J connectivity index is 2.42. The summed E-state index contributed by atoms with van der Waals surface area (Å²) in [6.45, 7) is 4.62. The van der Waals surface area contributed by atoms with E-state index in [4.69, 9.17) is 4.74 Å². The molecule has 2 rings (SSSR count). The molecule has 0 spiro atoms. The van der Waals surface area contributed by atoms with Gasteiger partial charge in [0.25, 0.3) is 0 Å². The molecular formula is C11H16N4O2S. The minimum absolute atomic E-state index is 0.587. The van der Waals surface area contributed by atoms with Crippen LogP contribution in [0.3, 0.4) is 0 Å². The number of hydrogen-bond donors (Lipinski definition) is 1. The zero-order valence-corrected chi connectivity index (χ0v) is 11.4. The van der Waals surface area contributed by atoms with Crippen molar-refractivity contribution in [1.82, 2.24) is 19.4 Å². The van der Waals surface area contributed by atoms with Gasteiger partial charge in [-0.3, -0.25) is 4.68 Å². The molecule has 0 aromatic carbocycles. The summed E-state index contributed by atoms with van der Waals surface area (Å²) in [4.78, 5) is 0.728. The monoisotopic (exact) mass is 268 g/mol. The molecule has 2 heterocycles. The van der Waals surface area contributed by atoms with Crippen LogP contribution in [0.4, 0.5) is 0 Å². The standard InChI is InChI=1S/C11H16N4O2S/c1-4-5-15-9(8(17-3)6-12-15)10(16)11-7(2)13-14-18-11/h6,10,16H,4-5H2,1-3H3. The molecule has 0 amide bonds. The summed E-state index contributed by atoms with van der Waals surface area (Å²) in [7, 11) is 1.57. The molecule has 0 saturated heterocycles. The fraction of sp³-hybridized carbons (Fsp3) is 0.545. The first kappa shape index (κ1) is 13.0. The van der Waals surface area contributed by atoms with Gasteiger partial charge >= 0.3 is 0 Å². The van der Waals surface area contributed by atoms with Gasteiger partial charge in [-0.05, 0) is 24.9 Å². The molecular weight excluding hydrogens is 252 g/mol. The van der Waals surface area contributed by atoms with Crippen LogP contribution < -0.4 is 4.74 Å². The van der Waals surface area contributed by atoms with Gasteiger partial charge in [0.05, 0.1) is 23.9 Å². The van der Waals surface area contributed by atoms with Crippen molar-refractivity contribution in [2.45, 2.75) is 32.9 Å². The smallest absolute Gasteiger partial charge is 0.163 e. The summed E-state index contributed by atoms with van der Waals surface area (Å²) < 4.78 is 10.9. The van der Waals surface area contributed by atoms with Crippen LogP contribution in [0.2, 0.25) is 0 Å². The summed E-state index contributed by atoms with van der Waals surface area (Å²) in [5, 5.41) is 18.6. The number of aryl methyl sites for hydroxylation is 2. The molecule has 0 fully saturated rings. The van der Waals surface area contributed by atoms with E-state index in [1.54, 1.807) is 18.0 Å². The highest BCUT2D eigenvalue weighted by molar-refractivity contribution is 7.05. The Labute approximate surface area is 109 Å². The molecule has 0 radical (unpaired) electrons. The van der Waals surface area contributed by atoms with Crippen molar-refractivity contribution in [2.75, 3.05) is 7.11 Å². The number of aromatic nitrogens is 4. The van der Waals surface area contributed by atoms with Gasteiger partial charge in [-0.2, -0.15) is 5.10 Å². The lowest BCUT2D eigenvalue weighted by Crippen LogP contribution is -2.11. The lowest BCUT2D eigenvalue weighted by molar-refractivity contribution is 0.204. The topological polar surface area (TPSA) is 73.1 Å². The summed E-state index contributed by atoms with van der Waals surface area (Å²) in [6.07, 6.45) is 1.76.